The summed E-state index contributed by atoms with van der Waals surface area (Å²) in [5.74, 6) is -0.820. The van der Waals surface area contributed by atoms with E-state index in [4.69, 9.17) is 16.3 Å². The molecule has 0 fully saturated rings. The molecule has 4 rings (SSSR count). The topological polar surface area (TPSA) is 102 Å². The summed E-state index contributed by atoms with van der Waals surface area (Å²) in [7, 11) is -3.84. The molecule has 2 aromatic carbocycles. The predicted molar refractivity (Wildman–Crippen MR) is 142 cm³/mol. The van der Waals surface area contributed by atoms with Crippen LogP contribution in [0.4, 0.5) is 10.7 Å². The lowest BCUT2D eigenvalue weighted by Crippen LogP contribution is -2.23. The van der Waals surface area contributed by atoms with Crippen LogP contribution >= 0.6 is 22.9 Å². The second kappa shape index (κ2) is 11.0. The lowest BCUT2D eigenvalue weighted by atomic mass is 9.95. The molecule has 1 aliphatic rings. The maximum Gasteiger partial charge on any atom is 0.341 e. The number of fused-ring (bicyclic) bond motifs is 1. The second-order valence-corrected chi connectivity index (χ2v) is 11.9. The van der Waals surface area contributed by atoms with E-state index in [1.807, 2.05) is 6.92 Å². The Morgan fingerprint density at radius 2 is 1.81 bits per heavy atom. The molecule has 1 amide bonds. The number of sulfone groups is 1. The highest BCUT2D eigenvalue weighted by Crippen LogP contribution is 2.39. The first-order chi connectivity index (χ1) is 17.2. The lowest BCUT2D eigenvalue weighted by Gasteiger charge is -2.13. The third-order valence-electron chi connectivity index (χ3n) is 5.93. The third kappa shape index (κ3) is 5.43. The number of ether oxygens (including phenoxy) is 1. The highest BCUT2D eigenvalue weighted by molar-refractivity contribution is 7.91. The summed E-state index contributed by atoms with van der Waals surface area (Å²) < 4.78 is 31.5. The molecule has 3 aromatic rings. The van der Waals surface area contributed by atoms with E-state index in [0.29, 0.717) is 16.3 Å². The Morgan fingerprint density at radius 1 is 1.08 bits per heavy atom. The molecular weight excluding hydrogens is 520 g/mol. The van der Waals surface area contributed by atoms with E-state index in [1.54, 1.807) is 31.2 Å². The van der Waals surface area contributed by atoms with Crippen LogP contribution in [0.15, 0.2) is 52.3 Å². The molecule has 190 valence electrons. The Kier molecular flexibility index (Phi) is 8.02. The second-order valence-electron chi connectivity index (χ2n) is 8.47. The van der Waals surface area contributed by atoms with Gasteiger partial charge in [-0.1, -0.05) is 35.4 Å². The smallest absolute Gasteiger partial charge is 0.341 e. The average molecular weight is 547 g/mol. The van der Waals surface area contributed by atoms with E-state index in [9.17, 15) is 18.0 Å². The number of aryl methyl sites for hydroxylation is 2. The van der Waals surface area contributed by atoms with Crippen LogP contribution in [0.5, 0.6) is 0 Å². The summed E-state index contributed by atoms with van der Waals surface area (Å²) in [6.45, 7) is 3.70. The summed E-state index contributed by atoms with van der Waals surface area (Å²) >= 11 is 7.86. The highest BCUT2D eigenvalue weighted by atomic mass is 35.5. The summed E-state index contributed by atoms with van der Waals surface area (Å²) in [5, 5.41) is 6.23. The van der Waals surface area contributed by atoms with Crippen molar-refractivity contribution in [2.75, 3.05) is 23.8 Å². The Morgan fingerprint density at radius 3 is 2.53 bits per heavy atom. The van der Waals surface area contributed by atoms with Gasteiger partial charge >= 0.3 is 5.97 Å². The zero-order valence-corrected chi connectivity index (χ0v) is 22.4. The Bertz CT molecular complexity index is 1400. The van der Waals surface area contributed by atoms with E-state index in [1.165, 1.54) is 29.5 Å². The summed E-state index contributed by atoms with van der Waals surface area (Å²) in [4.78, 5) is 26.6. The number of hydrogen-bond acceptors (Lipinski definition) is 7. The molecule has 1 aromatic heterocycles. The quantitative estimate of drug-likeness (QED) is 0.354. The number of amides is 1. The fourth-order valence-electron chi connectivity index (χ4n) is 4.12. The maximum atomic E-state index is 13.1. The number of anilines is 2. The van der Waals surface area contributed by atoms with Crippen LogP contribution in [0, 0.1) is 6.92 Å². The minimum absolute atomic E-state index is 0.00433. The first kappa shape index (κ1) is 26.2. The van der Waals surface area contributed by atoms with Gasteiger partial charge in [-0.2, -0.15) is 0 Å². The molecule has 0 saturated carbocycles. The molecule has 0 spiro atoms. The molecule has 1 aliphatic carbocycles. The number of nitrogens with one attached hydrogen (secondary N) is 2. The molecular formula is C26H27ClN2O5S2. The van der Waals surface area contributed by atoms with Crippen LogP contribution in [-0.4, -0.2) is 33.4 Å². The van der Waals surface area contributed by atoms with Crippen molar-refractivity contribution < 1.29 is 22.7 Å². The standard InChI is InChI=1S/C26H27ClN2O5S2/c1-3-34-26(31)23-18-7-4-5-9-20(18)35-25(23)29-22(30)15-28-19-8-6-10-21(24(19)27)36(32,33)17-13-11-16(2)12-14-17/h6,8,10-14,28H,3-5,7,9,15H2,1-2H3,(H,29,30). The first-order valence-electron chi connectivity index (χ1n) is 11.7. The molecule has 0 unspecified atom stereocenters. The molecule has 0 atom stereocenters. The number of esters is 1. The monoisotopic (exact) mass is 546 g/mol. The van der Waals surface area contributed by atoms with E-state index in [0.717, 1.165) is 41.7 Å². The summed E-state index contributed by atoms with van der Waals surface area (Å²) in [6, 6.07) is 11.1. The van der Waals surface area contributed by atoms with Gasteiger partial charge in [-0.15, -0.1) is 11.3 Å². The van der Waals surface area contributed by atoms with Gasteiger partial charge in [0.2, 0.25) is 15.7 Å². The van der Waals surface area contributed by atoms with Gasteiger partial charge in [0, 0.05) is 4.88 Å². The van der Waals surface area contributed by atoms with Crippen LogP contribution in [-0.2, 0) is 32.2 Å². The fraction of sp³-hybridized carbons (Fsp3) is 0.308. The highest BCUT2D eigenvalue weighted by Gasteiger charge is 2.27. The number of hydrogen-bond donors (Lipinski definition) is 2. The Hall–Kier alpha value is -2.88. The van der Waals surface area contributed by atoms with Crippen LogP contribution in [0.2, 0.25) is 5.02 Å². The molecule has 10 heteroatoms. The Balaban J connectivity index is 1.51. The molecule has 0 bridgehead atoms. The molecule has 0 aliphatic heterocycles. The van der Waals surface area contributed by atoms with Crippen molar-refractivity contribution in [3.8, 4) is 0 Å². The zero-order chi connectivity index (χ0) is 25.9. The fourth-order valence-corrected chi connectivity index (χ4v) is 7.26. The van der Waals surface area contributed by atoms with E-state index in [2.05, 4.69) is 10.6 Å². The van der Waals surface area contributed by atoms with Gasteiger partial charge in [0.15, 0.2) is 0 Å². The van der Waals surface area contributed by atoms with Crippen LogP contribution in [0.1, 0.15) is 46.1 Å². The molecule has 2 N–H and O–H groups in total. The van der Waals surface area contributed by atoms with E-state index < -0.39 is 15.8 Å². The third-order valence-corrected chi connectivity index (χ3v) is 9.47. The number of rotatable bonds is 8. The van der Waals surface area contributed by atoms with Gasteiger partial charge in [-0.05, 0) is 69.4 Å². The van der Waals surface area contributed by atoms with E-state index >= 15 is 0 Å². The molecule has 0 radical (unpaired) electrons. The van der Waals surface area contributed by atoms with Crippen molar-refractivity contribution in [1.29, 1.82) is 0 Å². The normalized spacial score (nSPS) is 13.1. The number of carbonyl (C=O) groups excluding carboxylic acids is 2. The van der Waals surface area contributed by atoms with Crippen molar-refractivity contribution in [1.82, 2.24) is 0 Å². The van der Waals surface area contributed by atoms with Gasteiger partial charge in [0.05, 0.1) is 39.2 Å². The number of thiophene rings is 1. The van der Waals surface area contributed by atoms with Crippen molar-refractivity contribution in [3.63, 3.8) is 0 Å². The van der Waals surface area contributed by atoms with Crippen LogP contribution in [0.25, 0.3) is 0 Å². The molecule has 0 saturated heterocycles. The number of benzene rings is 2. The minimum Gasteiger partial charge on any atom is -0.462 e. The van der Waals surface area contributed by atoms with Crippen molar-refractivity contribution in [3.05, 3.63) is 69.1 Å². The zero-order valence-electron chi connectivity index (χ0n) is 20.0. The predicted octanol–water partition coefficient (Wildman–Crippen LogP) is 5.65. The Labute approximate surface area is 219 Å². The average Bonchev–Trinajstić information content (AvgIpc) is 3.21. The maximum absolute atomic E-state index is 13.1. The minimum atomic E-state index is -3.84. The molecule has 7 nitrogen and oxygen atoms in total. The lowest BCUT2D eigenvalue weighted by molar-refractivity contribution is -0.114. The van der Waals surface area contributed by atoms with Crippen molar-refractivity contribution >= 4 is 55.3 Å². The summed E-state index contributed by atoms with van der Waals surface area (Å²) in [5.41, 5.74) is 2.66. The van der Waals surface area contributed by atoms with Gasteiger partial charge in [0.1, 0.15) is 5.00 Å². The molecule has 36 heavy (non-hydrogen) atoms. The largest absolute Gasteiger partial charge is 0.462 e. The van der Waals surface area contributed by atoms with Crippen molar-refractivity contribution in [2.45, 2.75) is 49.3 Å². The SMILES string of the molecule is CCOC(=O)c1c(NC(=O)CNc2cccc(S(=O)(=O)c3ccc(C)cc3)c2Cl)sc2c1CCCC2. The first-order valence-corrected chi connectivity index (χ1v) is 14.4. The van der Waals surface area contributed by atoms with Crippen LogP contribution in [0.3, 0.4) is 0 Å². The van der Waals surface area contributed by atoms with Crippen molar-refractivity contribution in [2.24, 2.45) is 0 Å². The van der Waals surface area contributed by atoms with Gasteiger partial charge in [0.25, 0.3) is 0 Å². The van der Waals surface area contributed by atoms with Crippen LogP contribution < -0.4 is 10.6 Å². The number of carbonyl (C=O) groups is 2. The van der Waals surface area contributed by atoms with Gasteiger partial charge < -0.3 is 15.4 Å². The number of halogens is 1. The van der Waals surface area contributed by atoms with Gasteiger partial charge in [-0.3, -0.25) is 4.79 Å². The molecule has 1 heterocycles. The van der Waals surface area contributed by atoms with Gasteiger partial charge in [-0.25, -0.2) is 13.2 Å². The van der Waals surface area contributed by atoms with E-state index in [-0.39, 0.29) is 33.9 Å². The summed E-state index contributed by atoms with van der Waals surface area (Å²) in [6.07, 6.45) is 3.70.